The molecule has 0 fully saturated rings. The molecule has 8 nitrogen and oxygen atoms in total. The number of nitro groups is 1. The average Bonchev–Trinajstić information content (AvgIpc) is 2.70. The molecule has 0 atom stereocenters. The molecular weight excluding hydrogens is 346 g/mol. The van der Waals surface area contributed by atoms with Crippen molar-refractivity contribution in [1.29, 1.82) is 0 Å². The highest BCUT2D eigenvalue weighted by Crippen LogP contribution is 2.20. The lowest BCUT2D eigenvalue weighted by Gasteiger charge is -2.03. The van der Waals surface area contributed by atoms with Crippen molar-refractivity contribution in [3.8, 4) is 0 Å². The first-order chi connectivity index (χ1) is 9.81. The molecular formula is C12H12BrN3O5. The molecule has 0 saturated heterocycles. The van der Waals surface area contributed by atoms with E-state index in [9.17, 15) is 10.1 Å². The lowest BCUT2D eigenvalue weighted by atomic mass is 10.1. The van der Waals surface area contributed by atoms with Crippen LogP contribution in [0, 0.1) is 10.1 Å². The van der Waals surface area contributed by atoms with Crippen LogP contribution < -0.4 is 0 Å². The van der Waals surface area contributed by atoms with E-state index in [1.165, 1.54) is 12.1 Å². The Kier molecular flexibility index (Phi) is 5.85. The Morgan fingerprint density at radius 3 is 2.29 bits per heavy atom. The zero-order valence-electron chi connectivity index (χ0n) is 10.9. The van der Waals surface area contributed by atoms with Gasteiger partial charge in [0.15, 0.2) is 0 Å². The van der Waals surface area contributed by atoms with Crippen molar-refractivity contribution < 1.29 is 19.9 Å². The number of benzene rings is 1. The molecule has 0 aliphatic rings. The Labute approximate surface area is 127 Å². The van der Waals surface area contributed by atoms with Gasteiger partial charge in [-0.25, -0.2) is 4.79 Å². The minimum Gasteiger partial charge on any atom is -0.450 e. The number of aromatic nitrogens is 2. The summed E-state index contributed by atoms with van der Waals surface area (Å²) in [7, 11) is 1.87. The summed E-state index contributed by atoms with van der Waals surface area (Å²) in [5, 5.41) is 28.6. The first-order valence-electron chi connectivity index (χ1n) is 5.63. The van der Waals surface area contributed by atoms with Gasteiger partial charge in [0.1, 0.15) is 0 Å². The molecule has 2 N–H and O–H groups in total. The molecule has 0 amide bonds. The second-order valence-corrected chi connectivity index (χ2v) is 4.80. The summed E-state index contributed by atoms with van der Waals surface area (Å²) in [4.78, 5) is 18.7. The Morgan fingerprint density at radius 2 is 1.90 bits per heavy atom. The van der Waals surface area contributed by atoms with Crippen molar-refractivity contribution >= 4 is 27.8 Å². The van der Waals surface area contributed by atoms with Crippen LogP contribution in [0.25, 0.3) is 0 Å². The number of carboxylic acid groups (broad SMARTS) is 2. The van der Waals surface area contributed by atoms with Crippen molar-refractivity contribution in [2.45, 2.75) is 6.42 Å². The fraction of sp³-hybridized carbons (Fsp3) is 0.167. The van der Waals surface area contributed by atoms with Crippen LogP contribution >= 0.6 is 15.9 Å². The van der Waals surface area contributed by atoms with E-state index < -0.39 is 11.1 Å². The maximum atomic E-state index is 10.5. The highest BCUT2D eigenvalue weighted by molar-refractivity contribution is 9.10. The zero-order valence-corrected chi connectivity index (χ0v) is 12.5. The summed E-state index contributed by atoms with van der Waals surface area (Å²) in [6, 6.07) is 6.55. The number of aryl methyl sites for hydroxylation is 1. The number of nitrogens with zero attached hydrogens (tertiary/aromatic N) is 3. The average molecular weight is 358 g/mol. The first kappa shape index (κ1) is 16.6. The third-order valence-electron chi connectivity index (χ3n) is 2.53. The van der Waals surface area contributed by atoms with E-state index in [1.54, 1.807) is 23.0 Å². The van der Waals surface area contributed by atoms with Crippen LogP contribution in [0.1, 0.15) is 11.3 Å². The number of halogens is 1. The Bertz CT molecular complexity index is 615. The van der Waals surface area contributed by atoms with Crippen molar-refractivity contribution in [1.82, 2.24) is 9.78 Å². The molecule has 2 aromatic rings. The van der Waals surface area contributed by atoms with Crippen LogP contribution in [0.3, 0.4) is 0 Å². The standard InChI is InChI=1S/C11H10BrN3O2.CH2O3/c1-14-11(10(12)7-13-14)6-8-2-4-9(5-3-8)15(16)17;2-1(3)4/h2-5,7H,6H2,1H3;(H2,2,3,4). The van der Waals surface area contributed by atoms with E-state index in [1.807, 2.05) is 7.05 Å². The number of rotatable bonds is 3. The molecule has 112 valence electrons. The van der Waals surface area contributed by atoms with Crippen LogP contribution in [0.4, 0.5) is 10.5 Å². The molecule has 1 aromatic carbocycles. The quantitative estimate of drug-likeness (QED) is 0.643. The summed E-state index contributed by atoms with van der Waals surface area (Å²) in [5.74, 6) is 0. The Morgan fingerprint density at radius 1 is 1.38 bits per heavy atom. The largest absolute Gasteiger partial charge is 0.503 e. The second kappa shape index (κ2) is 7.39. The number of carbonyl (C=O) groups is 1. The summed E-state index contributed by atoms with van der Waals surface area (Å²) in [5.41, 5.74) is 2.16. The highest BCUT2D eigenvalue weighted by atomic mass is 79.9. The highest BCUT2D eigenvalue weighted by Gasteiger charge is 2.08. The van der Waals surface area contributed by atoms with Crippen molar-refractivity contribution in [2.24, 2.45) is 7.05 Å². The minimum absolute atomic E-state index is 0.109. The van der Waals surface area contributed by atoms with Crippen LogP contribution in [-0.2, 0) is 13.5 Å². The lowest BCUT2D eigenvalue weighted by Crippen LogP contribution is -1.99. The number of nitro benzene ring substituents is 1. The predicted octanol–water partition coefficient (Wildman–Crippen LogP) is 2.90. The minimum atomic E-state index is -1.83. The molecule has 0 aliphatic carbocycles. The van der Waals surface area contributed by atoms with Gasteiger partial charge in [0.25, 0.3) is 5.69 Å². The van der Waals surface area contributed by atoms with Crippen LogP contribution in [0.15, 0.2) is 34.9 Å². The van der Waals surface area contributed by atoms with E-state index in [-0.39, 0.29) is 5.69 Å². The van der Waals surface area contributed by atoms with Crippen LogP contribution in [0.2, 0.25) is 0 Å². The molecule has 1 aromatic heterocycles. The van der Waals surface area contributed by atoms with Gasteiger partial charge in [0.2, 0.25) is 0 Å². The number of hydrogen-bond donors (Lipinski definition) is 2. The molecule has 0 unspecified atom stereocenters. The van der Waals surface area contributed by atoms with Crippen LogP contribution in [-0.4, -0.2) is 31.1 Å². The van der Waals surface area contributed by atoms with E-state index in [2.05, 4.69) is 21.0 Å². The SMILES string of the molecule is Cn1ncc(Br)c1Cc1ccc([N+](=O)[O-])cc1.O=C(O)O. The number of non-ortho nitro benzene ring substituents is 1. The first-order valence-corrected chi connectivity index (χ1v) is 6.42. The van der Waals surface area contributed by atoms with Gasteiger partial charge >= 0.3 is 6.16 Å². The molecule has 0 bridgehead atoms. The van der Waals surface area contributed by atoms with Crippen molar-refractivity contribution in [2.75, 3.05) is 0 Å². The van der Waals surface area contributed by atoms with Gasteiger partial charge in [-0.3, -0.25) is 14.8 Å². The van der Waals surface area contributed by atoms with Gasteiger partial charge in [0, 0.05) is 25.6 Å². The fourth-order valence-corrected chi connectivity index (χ4v) is 2.05. The summed E-state index contributed by atoms with van der Waals surface area (Å²) >= 11 is 3.42. The molecule has 21 heavy (non-hydrogen) atoms. The van der Waals surface area contributed by atoms with E-state index >= 15 is 0 Å². The fourth-order valence-electron chi connectivity index (χ4n) is 1.56. The molecule has 0 radical (unpaired) electrons. The smallest absolute Gasteiger partial charge is 0.450 e. The predicted molar refractivity (Wildman–Crippen MR) is 77.5 cm³/mol. The topological polar surface area (TPSA) is 118 Å². The summed E-state index contributed by atoms with van der Waals surface area (Å²) in [6.07, 6.45) is 0.593. The van der Waals surface area contributed by atoms with E-state index in [4.69, 9.17) is 15.0 Å². The number of hydrogen-bond acceptors (Lipinski definition) is 4. The summed E-state index contributed by atoms with van der Waals surface area (Å²) < 4.78 is 2.73. The molecule has 0 spiro atoms. The molecule has 9 heteroatoms. The normalized spacial score (nSPS) is 9.62. The van der Waals surface area contributed by atoms with Gasteiger partial charge in [0.05, 0.1) is 21.3 Å². The van der Waals surface area contributed by atoms with Gasteiger partial charge in [-0.05, 0) is 21.5 Å². The Balaban J connectivity index is 0.000000491. The van der Waals surface area contributed by atoms with E-state index in [0.29, 0.717) is 6.42 Å². The van der Waals surface area contributed by atoms with Gasteiger partial charge < -0.3 is 10.2 Å². The molecule has 1 heterocycles. The van der Waals surface area contributed by atoms with E-state index in [0.717, 1.165) is 15.7 Å². The van der Waals surface area contributed by atoms with Gasteiger partial charge in [-0.2, -0.15) is 5.10 Å². The monoisotopic (exact) mass is 357 g/mol. The summed E-state index contributed by atoms with van der Waals surface area (Å²) in [6.45, 7) is 0. The lowest BCUT2D eigenvalue weighted by molar-refractivity contribution is -0.384. The van der Waals surface area contributed by atoms with Gasteiger partial charge in [-0.1, -0.05) is 12.1 Å². The molecule has 2 rings (SSSR count). The second-order valence-electron chi connectivity index (χ2n) is 3.95. The Hall–Kier alpha value is -2.42. The maximum absolute atomic E-state index is 10.5. The van der Waals surface area contributed by atoms with Crippen molar-refractivity contribution in [3.05, 3.63) is 56.3 Å². The third kappa shape index (κ3) is 5.22. The molecule has 0 aliphatic heterocycles. The zero-order chi connectivity index (χ0) is 16.0. The van der Waals surface area contributed by atoms with Gasteiger partial charge in [-0.15, -0.1) is 0 Å². The van der Waals surface area contributed by atoms with Crippen LogP contribution in [0.5, 0.6) is 0 Å². The third-order valence-corrected chi connectivity index (χ3v) is 3.19. The molecule has 0 saturated carbocycles. The maximum Gasteiger partial charge on any atom is 0.503 e. The van der Waals surface area contributed by atoms with Crippen molar-refractivity contribution in [3.63, 3.8) is 0 Å².